The van der Waals surface area contributed by atoms with Crippen molar-refractivity contribution < 1.29 is 14.3 Å². The minimum absolute atomic E-state index is 0.0970. The Morgan fingerprint density at radius 3 is 2.54 bits per heavy atom. The van der Waals surface area contributed by atoms with E-state index in [0.29, 0.717) is 22.2 Å². The first-order chi connectivity index (χ1) is 12.6. The topological polar surface area (TPSA) is 60.5 Å². The molecule has 134 valence electrons. The van der Waals surface area contributed by atoms with Crippen molar-refractivity contribution in [1.82, 2.24) is 10.3 Å². The van der Waals surface area contributed by atoms with Crippen molar-refractivity contribution in [2.45, 2.75) is 13.0 Å². The van der Waals surface area contributed by atoms with Gasteiger partial charge in [0.1, 0.15) is 10.7 Å². The van der Waals surface area contributed by atoms with Crippen LogP contribution in [-0.2, 0) is 0 Å². The van der Waals surface area contributed by atoms with Crippen LogP contribution in [0.3, 0.4) is 0 Å². The highest BCUT2D eigenvalue weighted by atomic mass is 32.1. The number of para-hydroxylation sites is 1. The lowest BCUT2D eigenvalue weighted by Crippen LogP contribution is -2.26. The summed E-state index contributed by atoms with van der Waals surface area (Å²) in [4.78, 5) is 17.0. The zero-order valence-corrected chi connectivity index (χ0v) is 15.7. The Hall–Kier alpha value is -2.86. The highest BCUT2D eigenvalue weighted by Gasteiger charge is 2.18. The van der Waals surface area contributed by atoms with Crippen LogP contribution in [0.1, 0.15) is 29.0 Å². The number of rotatable bonds is 6. The number of nitrogens with one attached hydrogen (secondary N) is 1. The highest BCUT2D eigenvalue weighted by molar-refractivity contribution is 7.13. The number of carbonyl (C=O) groups excluding carboxylic acids is 1. The Balaban J connectivity index is 1.81. The van der Waals surface area contributed by atoms with Gasteiger partial charge in [0.15, 0.2) is 11.5 Å². The quantitative estimate of drug-likeness (QED) is 0.704. The maximum absolute atomic E-state index is 12.5. The second-order valence-corrected chi connectivity index (χ2v) is 6.54. The van der Waals surface area contributed by atoms with Gasteiger partial charge in [0.25, 0.3) is 5.91 Å². The molecular formula is C20H20N2O3S. The molecule has 1 N–H and O–H groups in total. The molecule has 3 aromatic rings. The lowest BCUT2D eigenvalue weighted by atomic mass is 10.1. The summed E-state index contributed by atoms with van der Waals surface area (Å²) in [6.07, 6.45) is 0. The Morgan fingerprint density at radius 1 is 1.08 bits per heavy atom. The third-order valence-corrected chi connectivity index (χ3v) is 4.89. The normalized spacial score (nSPS) is 11.7. The average molecular weight is 368 g/mol. The number of methoxy groups -OCH3 is 2. The molecule has 0 radical (unpaired) electrons. The molecule has 2 aromatic carbocycles. The lowest BCUT2D eigenvalue weighted by Gasteiger charge is -2.13. The van der Waals surface area contributed by atoms with Gasteiger partial charge in [-0.05, 0) is 24.6 Å². The van der Waals surface area contributed by atoms with Crippen LogP contribution in [-0.4, -0.2) is 25.1 Å². The van der Waals surface area contributed by atoms with E-state index in [0.717, 1.165) is 11.1 Å². The monoisotopic (exact) mass is 368 g/mol. The second-order valence-electron chi connectivity index (χ2n) is 5.68. The van der Waals surface area contributed by atoms with Crippen LogP contribution in [0, 0.1) is 0 Å². The number of aromatic nitrogens is 1. The van der Waals surface area contributed by atoms with Crippen LogP contribution in [0.15, 0.2) is 53.9 Å². The van der Waals surface area contributed by atoms with Gasteiger partial charge in [0, 0.05) is 5.38 Å². The van der Waals surface area contributed by atoms with Crippen molar-refractivity contribution in [3.63, 3.8) is 0 Å². The van der Waals surface area contributed by atoms with Gasteiger partial charge in [-0.2, -0.15) is 0 Å². The Kier molecular flexibility index (Phi) is 5.53. The molecule has 0 saturated heterocycles. The predicted octanol–water partition coefficient (Wildman–Crippen LogP) is 4.32. The first-order valence-corrected chi connectivity index (χ1v) is 9.04. The van der Waals surface area contributed by atoms with Gasteiger partial charge in [0.2, 0.25) is 0 Å². The van der Waals surface area contributed by atoms with Gasteiger partial charge >= 0.3 is 0 Å². The number of hydrogen-bond acceptors (Lipinski definition) is 5. The van der Waals surface area contributed by atoms with E-state index in [4.69, 9.17) is 9.47 Å². The summed E-state index contributed by atoms with van der Waals surface area (Å²) in [6.45, 7) is 1.95. The number of benzene rings is 2. The van der Waals surface area contributed by atoms with E-state index in [2.05, 4.69) is 10.3 Å². The number of nitrogens with zero attached hydrogens (tertiary/aromatic N) is 1. The molecule has 0 aliphatic rings. The molecule has 1 heterocycles. The van der Waals surface area contributed by atoms with Crippen LogP contribution in [0.2, 0.25) is 0 Å². The molecule has 3 rings (SSSR count). The summed E-state index contributed by atoms with van der Waals surface area (Å²) in [6, 6.07) is 15.3. The van der Waals surface area contributed by atoms with Crippen molar-refractivity contribution in [2.75, 3.05) is 14.2 Å². The van der Waals surface area contributed by atoms with Gasteiger partial charge in [0.05, 0.1) is 25.8 Å². The Bertz CT molecular complexity index is 893. The van der Waals surface area contributed by atoms with E-state index in [1.54, 1.807) is 19.6 Å². The summed E-state index contributed by atoms with van der Waals surface area (Å²) >= 11 is 1.40. The summed E-state index contributed by atoms with van der Waals surface area (Å²) < 4.78 is 10.8. The fourth-order valence-electron chi connectivity index (χ4n) is 2.65. The summed E-state index contributed by atoms with van der Waals surface area (Å²) in [5.74, 6) is 1.03. The molecule has 1 amide bonds. The first kappa shape index (κ1) is 17.9. The number of amides is 1. The van der Waals surface area contributed by atoms with Gasteiger partial charge < -0.3 is 14.8 Å². The molecule has 0 unspecified atom stereocenters. The minimum atomic E-state index is -0.203. The van der Waals surface area contributed by atoms with Crippen molar-refractivity contribution in [2.24, 2.45) is 0 Å². The number of thiazole rings is 1. The molecule has 5 nitrogen and oxygen atoms in total. The standard InChI is InChI=1S/C20H20N2O3S/c1-13(14-8-5-4-6-9-14)21-19(23)16-12-26-20(22-16)15-10-7-11-17(24-2)18(15)25-3/h4-13H,1-3H3,(H,21,23)/t13-/m1/s1. The van der Waals surface area contributed by atoms with Crippen molar-refractivity contribution in [3.05, 3.63) is 65.2 Å². The van der Waals surface area contributed by atoms with Crippen LogP contribution in [0.5, 0.6) is 11.5 Å². The Morgan fingerprint density at radius 2 is 1.85 bits per heavy atom. The van der Waals surface area contributed by atoms with Crippen LogP contribution in [0.4, 0.5) is 0 Å². The number of ether oxygens (including phenoxy) is 2. The van der Waals surface area contributed by atoms with E-state index in [-0.39, 0.29) is 11.9 Å². The van der Waals surface area contributed by atoms with Gasteiger partial charge in [-0.1, -0.05) is 36.4 Å². The maximum Gasteiger partial charge on any atom is 0.271 e. The number of carbonyl (C=O) groups is 1. The van der Waals surface area contributed by atoms with Crippen LogP contribution >= 0.6 is 11.3 Å². The van der Waals surface area contributed by atoms with Gasteiger partial charge in [-0.25, -0.2) is 4.98 Å². The molecule has 0 aliphatic carbocycles. The second kappa shape index (κ2) is 8.01. The summed E-state index contributed by atoms with van der Waals surface area (Å²) in [5, 5.41) is 5.44. The molecule has 1 atom stereocenters. The Labute approximate surface area is 156 Å². The molecule has 0 bridgehead atoms. The maximum atomic E-state index is 12.5. The zero-order chi connectivity index (χ0) is 18.5. The summed E-state index contributed by atoms with van der Waals surface area (Å²) in [7, 11) is 3.18. The lowest BCUT2D eigenvalue weighted by molar-refractivity contribution is 0.0935. The molecule has 1 aromatic heterocycles. The third-order valence-electron chi connectivity index (χ3n) is 4.02. The first-order valence-electron chi connectivity index (χ1n) is 8.16. The molecule has 26 heavy (non-hydrogen) atoms. The van der Waals surface area contributed by atoms with E-state index in [1.807, 2.05) is 55.5 Å². The number of hydrogen-bond donors (Lipinski definition) is 1. The minimum Gasteiger partial charge on any atom is -0.493 e. The van der Waals surface area contributed by atoms with Crippen LogP contribution < -0.4 is 14.8 Å². The molecule has 6 heteroatoms. The summed E-state index contributed by atoms with van der Waals surface area (Å²) in [5.41, 5.74) is 2.23. The van der Waals surface area contributed by atoms with Crippen molar-refractivity contribution >= 4 is 17.2 Å². The zero-order valence-electron chi connectivity index (χ0n) is 14.9. The molecule has 0 fully saturated rings. The SMILES string of the molecule is COc1cccc(-c2nc(C(=O)N[C@H](C)c3ccccc3)cs2)c1OC. The van der Waals surface area contributed by atoms with Gasteiger partial charge in [-0.15, -0.1) is 11.3 Å². The fourth-order valence-corrected chi connectivity index (χ4v) is 3.47. The largest absolute Gasteiger partial charge is 0.493 e. The van der Waals surface area contributed by atoms with Crippen molar-refractivity contribution in [3.8, 4) is 22.1 Å². The fraction of sp³-hybridized carbons (Fsp3) is 0.200. The van der Waals surface area contributed by atoms with E-state index in [1.165, 1.54) is 11.3 Å². The van der Waals surface area contributed by atoms with Crippen LogP contribution in [0.25, 0.3) is 10.6 Å². The molecular weight excluding hydrogens is 348 g/mol. The van der Waals surface area contributed by atoms with E-state index in [9.17, 15) is 4.79 Å². The molecule has 0 spiro atoms. The van der Waals surface area contributed by atoms with Crippen molar-refractivity contribution in [1.29, 1.82) is 0 Å². The smallest absolute Gasteiger partial charge is 0.271 e. The average Bonchev–Trinajstić information content (AvgIpc) is 3.18. The third kappa shape index (κ3) is 3.70. The highest BCUT2D eigenvalue weighted by Crippen LogP contribution is 2.38. The molecule has 0 aliphatic heterocycles. The molecule has 0 saturated carbocycles. The predicted molar refractivity (Wildman–Crippen MR) is 103 cm³/mol. The van der Waals surface area contributed by atoms with Gasteiger partial charge in [-0.3, -0.25) is 4.79 Å². The van der Waals surface area contributed by atoms with E-state index >= 15 is 0 Å². The van der Waals surface area contributed by atoms with E-state index < -0.39 is 0 Å².